The number of aliphatic imine (C=N–C) groups is 1. The van der Waals surface area contributed by atoms with E-state index >= 15 is 0 Å². The van der Waals surface area contributed by atoms with E-state index < -0.39 is 0 Å². The normalized spacial score (nSPS) is 15.5. The SMILES string of the molecule is CCNC(=NCC(=O)Nc1cccc(F)c1)NCC1(CCOCC)CCCC1.I. The van der Waals surface area contributed by atoms with Crippen LogP contribution < -0.4 is 16.0 Å². The third-order valence-electron chi connectivity index (χ3n) is 5.11. The Bertz CT molecular complexity index is 651. The van der Waals surface area contributed by atoms with E-state index in [1.54, 1.807) is 12.1 Å². The Labute approximate surface area is 190 Å². The minimum absolute atomic E-state index is 0. The molecule has 0 aliphatic heterocycles. The van der Waals surface area contributed by atoms with Crippen LogP contribution in [0.1, 0.15) is 46.0 Å². The molecular formula is C21H34FIN4O2. The molecule has 1 fully saturated rings. The molecule has 164 valence electrons. The third-order valence-corrected chi connectivity index (χ3v) is 5.11. The van der Waals surface area contributed by atoms with Gasteiger partial charge in [-0.15, -0.1) is 24.0 Å². The number of ether oxygens (including phenoxy) is 1. The van der Waals surface area contributed by atoms with E-state index in [9.17, 15) is 9.18 Å². The molecule has 1 aromatic rings. The first kappa shape index (κ1) is 25.6. The summed E-state index contributed by atoms with van der Waals surface area (Å²) in [5.74, 6) is -0.0421. The number of anilines is 1. The largest absolute Gasteiger partial charge is 0.382 e. The van der Waals surface area contributed by atoms with Crippen molar-refractivity contribution in [2.24, 2.45) is 10.4 Å². The molecule has 1 aliphatic carbocycles. The van der Waals surface area contributed by atoms with Crippen molar-refractivity contribution in [3.8, 4) is 0 Å². The molecule has 0 heterocycles. The smallest absolute Gasteiger partial charge is 0.246 e. The summed E-state index contributed by atoms with van der Waals surface area (Å²) >= 11 is 0. The van der Waals surface area contributed by atoms with Gasteiger partial charge in [0.2, 0.25) is 5.91 Å². The molecule has 1 aromatic carbocycles. The first-order valence-electron chi connectivity index (χ1n) is 10.2. The fourth-order valence-electron chi connectivity index (χ4n) is 3.60. The van der Waals surface area contributed by atoms with Crippen LogP contribution in [0.25, 0.3) is 0 Å². The minimum atomic E-state index is -0.384. The van der Waals surface area contributed by atoms with Crippen molar-refractivity contribution in [3.05, 3.63) is 30.1 Å². The van der Waals surface area contributed by atoms with E-state index in [4.69, 9.17) is 4.74 Å². The molecule has 3 N–H and O–H groups in total. The van der Waals surface area contributed by atoms with Crippen molar-refractivity contribution in [1.82, 2.24) is 10.6 Å². The van der Waals surface area contributed by atoms with Crippen LogP contribution in [-0.4, -0.2) is 44.7 Å². The van der Waals surface area contributed by atoms with Gasteiger partial charge in [0.05, 0.1) is 0 Å². The number of amides is 1. The van der Waals surface area contributed by atoms with E-state index in [0.717, 1.165) is 26.2 Å². The van der Waals surface area contributed by atoms with E-state index in [1.807, 2.05) is 13.8 Å². The second-order valence-electron chi connectivity index (χ2n) is 7.26. The summed E-state index contributed by atoms with van der Waals surface area (Å²) in [7, 11) is 0. The lowest BCUT2D eigenvalue weighted by Crippen LogP contribution is -2.43. The number of carbonyl (C=O) groups is 1. The zero-order chi connectivity index (χ0) is 20.2. The number of hydrogen-bond donors (Lipinski definition) is 3. The van der Waals surface area contributed by atoms with Gasteiger partial charge in [-0.2, -0.15) is 0 Å². The summed E-state index contributed by atoms with van der Waals surface area (Å²) in [5.41, 5.74) is 0.661. The monoisotopic (exact) mass is 520 g/mol. The zero-order valence-corrected chi connectivity index (χ0v) is 19.8. The minimum Gasteiger partial charge on any atom is -0.382 e. The number of rotatable bonds is 10. The quantitative estimate of drug-likeness (QED) is 0.189. The predicted molar refractivity (Wildman–Crippen MR) is 126 cm³/mol. The van der Waals surface area contributed by atoms with Crippen molar-refractivity contribution in [2.45, 2.75) is 46.0 Å². The van der Waals surface area contributed by atoms with Crippen LogP contribution in [-0.2, 0) is 9.53 Å². The molecule has 0 aromatic heterocycles. The number of nitrogens with one attached hydrogen (secondary N) is 3. The topological polar surface area (TPSA) is 74.8 Å². The average molecular weight is 520 g/mol. The predicted octanol–water partition coefficient (Wildman–Crippen LogP) is 3.92. The lowest BCUT2D eigenvalue weighted by molar-refractivity contribution is -0.114. The van der Waals surface area contributed by atoms with Crippen LogP contribution in [0, 0.1) is 11.2 Å². The van der Waals surface area contributed by atoms with Crippen molar-refractivity contribution in [2.75, 3.05) is 38.2 Å². The van der Waals surface area contributed by atoms with E-state index in [0.29, 0.717) is 18.2 Å². The molecule has 1 amide bonds. The van der Waals surface area contributed by atoms with Crippen LogP contribution in [0.3, 0.4) is 0 Å². The van der Waals surface area contributed by atoms with Crippen LogP contribution in [0.2, 0.25) is 0 Å². The number of nitrogens with zero attached hydrogens (tertiary/aromatic N) is 1. The maximum atomic E-state index is 13.2. The van der Waals surface area contributed by atoms with Gasteiger partial charge < -0.3 is 20.7 Å². The molecule has 1 aliphatic rings. The van der Waals surface area contributed by atoms with Crippen LogP contribution in [0.4, 0.5) is 10.1 Å². The molecule has 0 saturated heterocycles. The van der Waals surface area contributed by atoms with Crippen molar-refractivity contribution >= 4 is 41.5 Å². The molecule has 8 heteroatoms. The Morgan fingerprint density at radius 3 is 2.66 bits per heavy atom. The lowest BCUT2D eigenvalue weighted by atomic mass is 9.83. The maximum absolute atomic E-state index is 13.2. The zero-order valence-electron chi connectivity index (χ0n) is 17.4. The van der Waals surface area contributed by atoms with Crippen LogP contribution in [0.5, 0.6) is 0 Å². The van der Waals surface area contributed by atoms with Gasteiger partial charge in [-0.1, -0.05) is 18.9 Å². The van der Waals surface area contributed by atoms with Gasteiger partial charge in [-0.3, -0.25) is 4.79 Å². The van der Waals surface area contributed by atoms with Crippen LogP contribution >= 0.6 is 24.0 Å². The second-order valence-corrected chi connectivity index (χ2v) is 7.26. The Kier molecular flexibility index (Phi) is 12.1. The number of hydrogen-bond acceptors (Lipinski definition) is 3. The van der Waals surface area contributed by atoms with E-state index in [2.05, 4.69) is 20.9 Å². The summed E-state index contributed by atoms with van der Waals surface area (Å²) in [6.45, 7) is 7.03. The highest BCUT2D eigenvalue weighted by molar-refractivity contribution is 14.0. The second kappa shape index (κ2) is 13.7. The number of halogens is 2. The Morgan fingerprint density at radius 1 is 1.24 bits per heavy atom. The highest BCUT2D eigenvalue weighted by Gasteiger charge is 2.33. The van der Waals surface area contributed by atoms with Gasteiger partial charge in [0.1, 0.15) is 12.4 Å². The summed E-state index contributed by atoms with van der Waals surface area (Å²) < 4.78 is 18.8. The molecular weight excluding hydrogens is 486 g/mol. The Balaban J connectivity index is 0.00000420. The average Bonchev–Trinajstić information content (AvgIpc) is 3.13. The Morgan fingerprint density at radius 2 is 2.00 bits per heavy atom. The highest BCUT2D eigenvalue weighted by Crippen LogP contribution is 2.40. The van der Waals surface area contributed by atoms with E-state index in [-0.39, 0.29) is 47.7 Å². The molecule has 29 heavy (non-hydrogen) atoms. The third kappa shape index (κ3) is 9.29. The van der Waals surface area contributed by atoms with Gasteiger partial charge in [-0.05, 0) is 56.7 Å². The molecule has 6 nitrogen and oxygen atoms in total. The molecule has 2 rings (SSSR count). The van der Waals surface area contributed by atoms with Crippen molar-refractivity contribution < 1.29 is 13.9 Å². The van der Waals surface area contributed by atoms with Gasteiger partial charge in [0.15, 0.2) is 5.96 Å². The molecule has 0 bridgehead atoms. The first-order chi connectivity index (χ1) is 13.6. The van der Waals surface area contributed by atoms with Crippen LogP contribution in [0.15, 0.2) is 29.3 Å². The Hall–Kier alpha value is -1.42. The summed E-state index contributed by atoms with van der Waals surface area (Å²) in [5, 5.41) is 9.25. The highest BCUT2D eigenvalue weighted by atomic mass is 127. The lowest BCUT2D eigenvalue weighted by Gasteiger charge is -2.30. The van der Waals surface area contributed by atoms with Crippen molar-refractivity contribution in [1.29, 1.82) is 0 Å². The van der Waals surface area contributed by atoms with Gasteiger partial charge in [-0.25, -0.2) is 9.38 Å². The molecule has 0 spiro atoms. The molecule has 0 atom stereocenters. The molecule has 1 saturated carbocycles. The molecule has 0 unspecified atom stereocenters. The van der Waals surface area contributed by atoms with Gasteiger partial charge >= 0.3 is 0 Å². The first-order valence-corrected chi connectivity index (χ1v) is 10.2. The van der Waals surface area contributed by atoms with Crippen molar-refractivity contribution in [3.63, 3.8) is 0 Å². The summed E-state index contributed by atoms with van der Waals surface area (Å²) in [6, 6.07) is 5.83. The fraction of sp³-hybridized carbons (Fsp3) is 0.619. The fourth-order valence-corrected chi connectivity index (χ4v) is 3.60. The summed E-state index contributed by atoms with van der Waals surface area (Å²) in [6.07, 6.45) is 5.90. The number of guanidine groups is 1. The maximum Gasteiger partial charge on any atom is 0.246 e. The van der Waals surface area contributed by atoms with Gasteiger partial charge in [0.25, 0.3) is 0 Å². The summed E-state index contributed by atoms with van der Waals surface area (Å²) in [4.78, 5) is 16.5. The number of carbonyl (C=O) groups excluding carboxylic acids is 1. The van der Waals surface area contributed by atoms with Gasteiger partial charge in [0, 0.05) is 32.0 Å². The number of benzene rings is 1. The molecule has 0 radical (unpaired) electrons. The van der Waals surface area contributed by atoms with E-state index in [1.165, 1.54) is 37.8 Å². The standard InChI is InChI=1S/C21H33FN4O2.HI/c1-3-23-20(24-15-19(27)26-18-9-7-8-17(22)14-18)25-16-21(10-5-6-11-21)12-13-28-4-2;/h7-9,14H,3-6,10-13,15-16H2,1-2H3,(H,26,27)(H2,23,24,25);1H.